The molecule has 0 fully saturated rings. The van der Waals surface area contributed by atoms with Gasteiger partial charge in [0.15, 0.2) is 0 Å². The van der Waals surface area contributed by atoms with E-state index in [-0.39, 0.29) is 12.5 Å². The molecule has 3 N–H and O–H groups in total. The van der Waals surface area contributed by atoms with E-state index in [0.29, 0.717) is 5.70 Å². The summed E-state index contributed by atoms with van der Waals surface area (Å²) in [5.41, 5.74) is 7.81. The predicted molar refractivity (Wildman–Crippen MR) is 42.2 cm³/mol. The summed E-state index contributed by atoms with van der Waals surface area (Å²) in [5.74, 6) is -0.369. The van der Waals surface area contributed by atoms with Crippen molar-refractivity contribution in [2.75, 3.05) is 6.61 Å². The number of carbonyl (C=O) groups is 1. The molecule has 0 rings (SSSR count). The highest BCUT2D eigenvalue weighted by atomic mass is 16.6. The van der Waals surface area contributed by atoms with E-state index in [2.05, 4.69) is 16.9 Å². The van der Waals surface area contributed by atoms with Crippen molar-refractivity contribution < 1.29 is 9.63 Å². The Kier molecular flexibility index (Phi) is 4.85. The molecule has 0 heterocycles. The van der Waals surface area contributed by atoms with Crippen LogP contribution >= 0.6 is 0 Å². The third-order valence-corrected chi connectivity index (χ3v) is 0.733. The monoisotopic (exact) mass is 156 g/mol. The fourth-order valence-electron chi connectivity index (χ4n) is 0.408. The Morgan fingerprint density at radius 2 is 2.45 bits per heavy atom. The molecule has 1 amide bonds. The number of nitrogens with two attached hydrogens (primary N) is 1. The zero-order valence-electron chi connectivity index (χ0n) is 6.46. The zero-order valence-corrected chi connectivity index (χ0v) is 6.46. The fourth-order valence-corrected chi connectivity index (χ4v) is 0.408. The summed E-state index contributed by atoms with van der Waals surface area (Å²) < 4.78 is 0. The molecular formula is C7H12N2O2. The van der Waals surface area contributed by atoms with Gasteiger partial charge in [0.05, 0.1) is 6.61 Å². The van der Waals surface area contributed by atoms with Crippen LogP contribution in [-0.2, 0) is 9.63 Å². The summed E-state index contributed by atoms with van der Waals surface area (Å²) in [4.78, 5) is 15.3. The van der Waals surface area contributed by atoms with E-state index in [9.17, 15) is 4.79 Å². The van der Waals surface area contributed by atoms with E-state index < -0.39 is 0 Å². The van der Waals surface area contributed by atoms with Gasteiger partial charge in [0.25, 0.3) is 5.91 Å². The minimum atomic E-state index is -0.369. The van der Waals surface area contributed by atoms with Crippen molar-refractivity contribution in [3.8, 4) is 0 Å². The van der Waals surface area contributed by atoms with Crippen LogP contribution in [0.25, 0.3) is 0 Å². The Morgan fingerprint density at radius 1 is 1.82 bits per heavy atom. The Bertz CT molecular complexity index is 171. The minimum absolute atomic E-state index is 0.281. The van der Waals surface area contributed by atoms with E-state index in [1.54, 1.807) is 6.92 Å². The summed E-state index contributed by atoms with van der Waals surface area (Å²) in [6.07, 6.45) is 2.77. The van der Waals surface area contributed by atoms with Crippen LogP contribution in [0.4, 0.5) is 0 Å². The van der Waals surface area contributed by atoms with Crippen molar-refractivity contribution in [3.05, 3.63) is 24.4 Å². The molecule has 0 spiro atoms. The fraction of sp³-hybridized carbons (Fsp3) is 0.286. The molecule has 0 saturated carbocycles. The summed E-state index contributed by atoms with van der Waals surface area (Å²) in [5, 5.41) is 0. The van der Waals surface area contributed by atoms with Crippen LogP contribution in [0.2, 0.25) is 0 Å². The maximum atomic E-state index is 10.7. The van der Waals surface area contributed by atoms with Crippen molar-refractivity contribution in [3.63, 3.8) is 0 Å². The minimum Gasteiger partial charge on any atom is -0.402 e. The maximum Gasteiger partial charge on any atom is 0.269 e. The third-order valence-electron chi connectivity index (χ3n) is 0.733. The molecule has 4 heteroatoms. The first-order chi connectivity index (χ1) is 5.16. The second-order valence-electron chi connectivity index (χ2n) is 1.95. The summed E-state index contributed by atoms with van der Waals surface area (Å²) in [6.45, 7) is 5.30. The van der Waals surface area contributed by atoms with Gasteiger partial charge in [-0.1, -0.05) is 6.08 Å². The standard InChI is InChI=1S/C7H12N2O2/c1-3-4-11-9-7(10)5-6(2)8/h3,5H,1,4,8H2,2H3,(H,9,10)/b6-5-. The van der Waals surface area contributed by atoms with Gasteiger partial charge in [0, 0.05) is 11.8 Å². The Balaban J connectivity index is 3.53. The van der Waals surface area contributed by atoms with E-state index in [0.717, 1.165) is 0 Å². The average Bonchev–Trinajstić information content (AvgIpc) is 1.86. The lowest BCUT2D eigenvalue weighted by Crippen LogP contribution is -2.22. The smallest absolute Gasteiger partial charge is 0.269 e. The Labute approximate surface area is 65.7 Å². The number of hydrogen-bond acceptors (Lipinski definition) is 3. The highest BCUT2D eigenvalue weighted by Gasteiger charge is 1.93. The number of nitrogens with one attached hydrogen (secondary N) is 1. The van der Waals surface area contributed by atoms with Crippen molar-refractivity contribution in [2.24, 2.45) is 5.73 Å². The Morgan fingerprint density at radius 3 is 2.91 bits per heavy atom. The van der Waals surface area contributed by atoms with Crippen molar-refractivity contribution in [1.82, 2.24) is 5.48 Å². The molecule has 0 aromatic carbocycles. The number of rotatable bonds is 4. The van der Waals surface area contributed by atoms with Gasteiger partial charge in [-0.3, -0.25) is 9.63 Å². The van der Waals surface area contributed by atoms with Crippen LogP contribution < -0.4 is 11.2 Å². The van der Waals surface area contributed by atoms with Crippen LogP contribution in [-0.4, -0.2) is 12.5 Å². The van der Waals surface area contributed by atoms with Crippen LogP contribution in [0.1, 0.15) is 6.92 Å². The van der Waals surface area contributed by atoms with Crippen molar-refractivity contribution in [1.29, 1.82) is 0 Å². The van der Waals surface area contributed by atoms with Crippen LogP contribution in [0.3, 0.4) is 0 Å². The predicted octanol–water partition coefficient (Wildman–Crippen LogP) is 0.0827. The molecule has 0 atom stereocenters. The first kappa shape index (κ1) is 9.71. The molecule has 11 heavy (non-hydrogen) atoms. The number of allylic oxidation sites excluding steroid dienone is 1. The van der Waals surface area contributed by atoms with Crippen molar-refractivity contribution >= 4 is 5.91 Å². The normalized spacial score (nSPS) is 10.8. The topological polar surface area (TPSA) is 64.3 Å². The molecular weight excluding hydrogens is 144 g/mol. The van der Waals surface area contributed by atoms with Gasteiger partial charge in [-0.2, -0.15) is 0 Å². The molecule has 62 valence electrons. The van der Waals surface area contributed by atoms with Gasteiger partial charge >= 0.3 is 0 Å². The molecule has 0 aromatic heterocycles. The van der Waals surface area contributed by atoms with E-state index in [1.807, 2.05) is 0 Å². The number of hydroxylamine groups is 1. The molecule has 0 radical (unpaired) electrons. The number of hydrogen-bond donors (Lipinski definition) is 2. The Hall–Kier alpha value is -1.29. The van der Waals surface area contributed by atoms with E-state index in [4.69, 9.17) is 5.73 Å². The van der Waals surface area contributed by atoms with Gasteiger partial charge < -0.3 is 5.73 Å². The zero-order chi connectivity index (χ0) is 8.69. The third kappa shape index (κ3) is 6.60. The van der Waals surface area contributed by atoms with Crippen LogP contribution in [0.5, 0.6) is 0 Å². The average molecular weight is 156 g/mol. The maximum absolute atomic E-state index is 10.7. The van der Waals surface area contributed by atoms with E-state index >= 15 is 0 Å². The molecule has 0 aliphatic rings. The van der Waals surface area contributed by atoms with Gasteiger partial charge in [0.2, 0.25) is 0 Å². The van der Waals surface area contributed by atoms with Gasteiger partial charge in [0.1, 0.15) is 0 Å². The molecule has 0 bridgehead atoms. The largest absolute Gasteiger partial charge is 0.402 e. The lowest BCUT2D eigenvalue weighted by molar-refractivity contribution is -0.127. The molecule has 0 aromatic rings. The number of amides is 1. The quantitative estimate of drug-likeness (QED) is 0.262. The molecule has 0 unspecified atom stereocenters. The first-order valence-corrected chi connectivity index (χ1v) is 3.13. The SMILES string of the molecule is C=CCONC(=O)/C=C(/C)N. The number of carbonyl (C=O) groups excluding carboxylic acids is 1. The molecule has 0 saturated heterocycles. The second kappa shape index (κ2) is 5.49. The molecule has 4 nitrogen and oxygen atoms in total. The highest BCUT2D eigenvalue weighted by molar-refractivity contribution is 5.87. The summed E-state index contributed by atoms with van der Waals surface area (Å²) >= 11 is 0. The lowest BCUT2D eigenvalue weighted by atomic mass is 10.4. The van der Waals surface area contributed by atoms with Crippen LogP contribution in [0.15, 0.2) is 24.4 Å². The first-order valence-electron chi connectivity index (χ1n) is 3.13. The van der Waals surface area contributed by atoms with Gasteiger partial charge in [-0.25, -0.2) is 5.48 Å². The summed E-state index contributed by atoms with van der Waals surface area (Å²) in [7, 11) is 0. The second-order valence-corrected chi connectivity index (χ2v) is 1.95. The molecule has 0 aliphatic heterocycles. The summed E-state index contributed by atoms with van der Waals surface area (Å²) in [6, 6.07) is 0. The van der Waals surface area contributed by atoms with Gasteiger partial charge in [-0.15, -0.1) is 6.58 Å². The highest BCUT2D eigenvalue weighted by Crippen LogP contribution is 1.79. The van der Waals surface area contributed by atoms with Crippen molar-refractivity contribution in [2.45, 2.75) is 6.92 Å². The molecule has 0 aliphatic carbocycles. The lowest BCUT2D eigenvalue weighted by Gasteiger charge is -1.98. The van der Waals surface area contributed by atoms with E-state index in [1.165, 1.54) is 12.2 Å². The van der Waals surface area contributed by atoms with Crippen LogP contribution in [0, 0.1) is 0 Å². The van der Waals surface area contributed by atoms with Gasteiger partial charge in [-0.05, 0) is 6.92 Å².